The summed E-state index contributed by atoms with van der Waals surface area (Å²) in [6, 6.07) is 1.47. The number of aryl methyl sites for hydroxylation is 1. The summed E-state index contributed by atoms with van der Waals surface area (Å²) in [5.74, 6) is 0. The fourth-order valence-electron chi connectivity index (χ4n) is 1.10. The maximum absolute atomic E-state index is 11.5. The number of rotatable bonds is 4. The van der Waals surface area contributed by atoms with Gasteiger partial charge in [-0.3, -0.25) is 4.72 Å². The summed E-state index contributed by atoms with van der Waals surface area (Å²) in [7, 11) is -7.56. The van der Waals surface area contributed by atoms with Crippen LogP contribution in [0.5, 0.6) is 0 Å². The van der Waals surface area contributed by atoms with Crippen LogP contribution in [0.25, 0.3) is 0 Å². The maximum atomic E-state index is 11.5. The minimum atomic E-state index is -3.94. The van der Waals surface area contributed by atoms with Gasteiger partial charge in [0.1, 0.15) is 5.15 Å². The molecule has 1 rings (SSSR count). The van der Waals surface area contributed by atoms with Gasteiger partial charge in [-0.1, -0.05) is 11.6 Å². The molecule has 0 saturated heterocycles. The van der Waals surface area contributed by atoms with Gasteiger partial charge in [0.15, 0.2) is 14.9 Å². The Morgan fingerprint density at radius 3 is 2.41 bits per heavy atom. The molecule has 0 aromatic carbocycles. The summed E-state index contributed by atoms with van der Waals surface area (Å²) in [5.41, 5.74) is 0.766. The molecule has 1 heterocycles. The zero-order valence-corrected chi connectivity index (χ0v) is 11.5. The van der Waals surface area contributed by atoms with Crippen LogP contribution in [0.1, 0.15) is 5.56 Å². The van der Waals surface area contributed by atoms with Crippen molar-refractivity contribution in [3.05, 3.63) is 23.0 Å². The standard InChI is InChI=1S/C8H11ClN2O4S2/c1-6-3-7(4-10-8(6)9)11-17(14,15)5-16(2,12)13/h3-4,11H,5H2,1-2H3. The summed E-state index contributed by atoms with van der Waals surface area (Å²) in [6.45, 7) is 1.66. The van der Waals surface area contributed by atoms with Gasteiger partial charge in [0.05, 0.1) is 11.9 Å². The first-order valence-electron chi connectivity index (χ1n) is 4.39. The van der Waals surface area contributed by atoms with Crippen molar-refractivity contribution < 1.29 is 16.8 Å². The summed E-state index contributed by atoms with van der Waals surface area (Å²) < 4.78 is 46.8. The molecule has 1 aromatic heterocycles. The number of aromatic nitrogens is 1. The lowest BCUT2D eigenvalue weighted by Gasteiger charge is -2.07. The predicted octanol–water partition coefficient (Wildman–Crippen LogP) is 0.787. The first-order valence-corrected chi connectivity index (χ1v) is 8.48. The summed E-state index contributed by atoms with van der Waals surface area (Å²) in [5, 5.41) is -0.710. The second-order valence-electron chi connectivity index (χ2n) is 3.59. The molecule has 96 valence electrons. The zero-order chi connectivity index (χ0) is 13.3. The normalized spacial score (nSPS) is 12.4. The third-order valence-corrected chi connectivity index (χ3v) is 5.55. The lowest BCUT2D eigenvalue weighted by molar-refractivity contribution is 0.595. The van der Waals surface area contributed by atoms with Crippen molar-refractivity contribution in [2.24, 2.45) is 0 Å². The number of halogens is 1. The highest BCUT2D eigenvalue weighted by Crippen LogP contribution is 2.17. The molecular weight excluding hydrogens is 288 g/mol. The fourth-order valence-corrected chi connectivity index (χ4v) is 4.17. The van der Waals surface area contributed by atoms with Gasteiger partial charge in [-0.2, -0.15) is 0 Å². The Labute approximate surface area is 105 Å². The number of sulfone groups is 1. The summed E-state index contributed by atoms with van der Waals surface area (Å²) >= 11 is 5.67. The van der Waals surface area contributed by atoms with Gasteiger partial charge in [0.25, 0.3) is 0 Å². The maximum Gasteiger partial charge on any atom is 0.247 e. The summed E-state index contributed by atoms with van der Waals surface area (Å²) in [6.07, 6.45) is 2.06. The van der Waals surface area contributed by atoms with Crippen LogP contribution in [0.3, 0.4) is 0 Å². The average Bonchev–Trinajstić information content (AvgIpc) is 2.06. The Bertz CT molecular complexity index is 625. The molecule has 0 aliphatic carbocycles. The van der Waals surface area contributed by atoms with E-state index in [0.29, 0.717) is 5.56 Å². The number of hydrogen-bond acceptors (Lipinski definition) is 5. The molecule has 1 aromatic rings. The number of pyridine rings is 1. The molecule has 17 heavy (non-hydrogen) atoms. The van der Waals surface area contributed by atoms with Crippen LogP contribution in [-0.4, -0.2) is 33.2 Å². The Morgan fingerprint density at radius 2 is 1.94 bits per heavy atom. The van der Waals surface area contributed by atoms with E-state index in [1.54, 1.807) is 6.92 Å². The first kappa shape index (κ1) is 14.2. The smallest absolute Gasteiger partial charge is 0.247 e. The molecule has 6 nitrogen and oxygen atoms in total. The van der Waals surface area contributed by atoms with Crippen LogP contribution in [-0.2, 0) is 19.9 Å². The third-order valence-electron chi connectivity index (χ3n) is 1.66. The van der Waals surface area contributed by atoms with Crippen molar-refractivity contribution in [1.82, 2.24) is 4.98 Å². The first-order chi connectivity index (χ1) is 7.59. The van der Waals surface area contributed by atoms with Crippen molar-refractivity contribution in [2.45, 2.75) is 6.92 Å². The molecule has 0 spiro atoms. The summed E-state index contributed by atoms with van der Waals surface area (Å²) in [4.78, 5) is 3.75. The highest BCUT2D eigenvalue weighted by molar-refractivity contribution is 8.08. The average molecular weight is 299 g/mol. The molecule has 0 bridgehead atoms. The Kier molecular flexibility index (Phi) is 4.00. The largest absolute Gasteiger partial charge is 0.281 e. The van der Waals surface area contributed by atoms with E-state index in [4.69, 9.17) is 11.6 Å². The lowest BCUT2D eigenvalue weighted by atomic mass is 10.3. The minimum absolute atomic E-state index is 0.176. The van der Waals surface area contributed by atoms with Crippen LogP contribution in [0.4, 0.5) is 5.69 Å². The molecule has 0 atom stereocenters. The van der Waals surface area contributed by atoms with E-state index in [1.807, 2.05) is 0 Å². The van der Waals surface area contributed by atoms with Crippen LogP contribution >= 0.6 is 11.6 Å². The van der Waals surface area contributed by atoms with Crippen LogP contribution in [0.2, 0.25) is 5.15 Å². The molecule has 0 radical (unpaired) electrons. The lowest BCUT2D eigenvalue weighted by Crippen LogP contribution is -2.22. The Morgan fingerprint density at radius 1 is 1.35 bits per heavy atom. The van der Waals surface area contributed by atoms with Crippen molar-refractivity contribution in [2.75, 3.05) is 16.1 Å². The SMILES string of the molecule is Cc1cc(NS(=O)(=O)CS(C)(=O)=O)cnc1Cl. The molecule has 0 unspecified atom stereocenters. The Hall–Kier alpha value is -0.860. The van der Waals surface area contributed by atoms with Crippen molar-refractivity contribution in [3.8, 4) is 0 Å². The van der Waals surface area contributed by atoms with E-state index < -0.39 is 24.9 Å². The highest BCUT2D eigenvalue weighted by Gasteiger charge is 2.18. The predicted molar refractivity (Wildman–Crippen MR) is 66.2 cm³/mol. The second kappa shape index (κ2) is 4.79. The molecule has 0 fully saturated rings. The Balaban J connectivity index is 2.95. The monoisotopic (exact) mass is 298 g/mol. The van der Waals surface area contributed by atoms with E-state index >= 15 is 0 Å². The molecule has 0 amide bonds. The number of nitrogens with zero attached hydrogens (tertiary/aromatic N) is 1. The van der Waals surface area contributed by atoms with Gasteiger partial charge in [-0.15, -0.1) is 0 Å². The van der Waals surface area contributed by atoms with Gasteiger partial charge in [0, 0.05) is 6.26 Å². The quantitative estimate of drug-likeness (QED) is 0.829. The van der Waals surface area contributed by atoms with E-state index in [2.05, 4.69) is 9.71 Å². The van der Waals surface area contributed by atoms with Crippen molar-refractivity contribution in [1.29, 1.82) is 0 Å². The second-order valence-corrected chi connectivity index (χ2v) is 8.18. The molecule has 0 aliphatic rings. The number of sulfonamides is 1. The molecular formula is C8H11ClN2O4S2. The molecule has 0 aliphatic heterocycles. The molecule has 9 heteroatoms. The van der Waals surface area contributed by atoms with E-state index in [9.17, 15) is 16.8 Å². The van der Waals surface area contributed by atoms with Crippen LogP contribution in [0, 0.1) is 6.92 Å². The minimum Gasteiger partial charge on any atom is -0.281 e. The van der Waals surface area contributed by atoms with Gasteiger partial charge < -0.3 is 0 Å². The molecule has 1 N–H and O–H groups in total. The fraction of sp³-hybridized carbons (Fsp3) is 0.375. The topological polar surface area (TPSA) is 93.2 Å². The third kappa shape index (κ3) is 4.88. The van der Waals surface area contributed by atoms with Crippen LogP contribution < -0.4 is 4.72 Å². The number of hydrogen-bond donors (Lipinski definition) is 1. The van der Waals surface area contributed by atoms with Gasteiger partial charge in [-0.05, 0) is 18.6 Å². The zero-order valence-electron chi connectivity index (χ0n) is 9.14. The van der Waals surface area contributed by atoms with E-state index in [0.717, 1.165) is 6.26 Å². The highest BCUT2D eigenvalue weighted by atomic mass is 35.5. The van der Waals surface area contributed by atoms with E-state index in [-0.39, 0.29) is 10.8 Å². The molecule has 0 saturated carbocycles. The van der Waals surface area contributed by atoms with Gasteiger partial charge in [-0.25, -0.2) is 21.8 Å². The van der Waals surface area contributed by atoms with Gasteiger partial charge in [0.2, 0.25) is 10.0 Å². The van der Waals surface area contributed by atoms with Crippen LogP contribution in [0.15, 0.2) is 12.3 Å². The van der Waals surface area contributed by atoms with Crippen molar-refractivity contribution in [3.63, 3.8) is 0 Å². The number of anilines is 1. The number of nitrogens with one attached hydrogen (secondary N) is 1. The van der Waals surface area contributed by atoms with E-state index in [1.165, 1.54) is 12.3 Å². The van der Waals surface area contributed by atoms with Crippen molar-refractivity contribution >= 4 is 37.1 Å². The van der Waals surface area contributed by atoms with Gasteiger partial charge >= 0.3 is 0 Å².